The van der Waals surface area contributed by atoms with Crippen molar-refractivity contribution in [2.45, 2.75) is 12.5 Å². The molecule has 1 unspecified atom stereocenters. The molecule has 4 heteroatoms. The van der Waals surface area contributed by atoms with Crippen LogP contribution in [0.3, 0.4) is 0 Å². The highest BCUT2D eigenvalue weighted by Gasteiger charge is 2.14. The summed E-state index contributed by atoms with van der Waals surface area (Å²) in [6, 6.07) is 6.18. The molecule has 0 saturated carbocycles. The zero-order chi connectivity index (χ0) is 10.7. The zero-order valence-corrected chi connectivity index (χ0v) is 9.47. The molecule has 1 aliphatic heterocycles. The van der Waals surface area contributed by atoms with Gasteiger partial charge in [-0.15, -0.1) is 0 Å². The summed E-state index contributed by atoms with van der Waals surface area (Å²) in [6.45, 7) is 2.08. The van der Waals surface area contributed by atoms with Crippen LogP contribution in [0.5, 0.6) is 5.75 Å². The van der Waals surface area contributed by atoms with Crippen molar-refractivity contribution in [1.29, 1.82) is 0 Å². The van der Waals surface area contributed by atoms with Crippen molar-refractivity contribution in [3.05, 3.63) is 23.2 Å². The molecule has 2 rings (SSSR count). The molecule has 1 atom stereocenters. The SMILES string of the molecule is COc1ccc(NC2CCNC2)c(Cl)c1. The second-order valence-corrected chi connectivity index (χ2v) is 4.09. The summed E-state index contributed by atoms with van der Waals surface area (Å²) in [5.74, 6) is 0.787. The summed E-state index contributed by atoms with van der Waals surface area (Å²) in [5.41, 5.74) is 0.978. The summed E-state index contributed by atoms with van der Waals surface area (Å²) in [7, 11) is 1.64. The lowest BCUT2D eigenvalue weighted by atomic mass is 10.2. The second kappa shape index (κ2) is 4.73. The van der Waals surface area contributed by atoms with E-state index in [0.717, 1.165) is 30.9 Å². The average Bonchev–Trinajstić information content (AvgIpc) is 2.74. The van der Waals surface area contributed by atoms with Crippen LogP contribution in [0.2, 0.25) is 5.02 Å². The average molecular weight is 227 g/mol. The third-order valence-corrected chi connectivity index (χ3v) is 2.91. The van der Waals surface area contributed by atoms with Crippen molar-refractivity contribution >= 4 is 17.3 Å². The van der Waals surface area contributed by atoms with Gasteiger partial charge in [0.1, 0.15) is 5.75 Å². The summed E-state index contributed by atoms with van der Waals surface area (Å²) < 4.78 is 5.10. The Bertz CT molecular complexity index is 337. The predicted molar refractivity (Wildman–Crippen MR) is 62.9 cm³/mol. The monoisotopic (exact) mass is 226 g/mol. The molecule has 0 bridgehead atoms. The first-order valence-corrected chi connectivity index (χ1v) is 5.48. The van der Waals surface area contributed by atoms with Crippen LogP contribution in [0, 0.1) is 0 Å². The van der Waals surface area contributed by atoms with Gasteiger partial charge in [-0.2, -0.15) is 0 Å². The van der Waals surface area contributed by atoms with E-state index in [0.29, 0.717) is 11.1 Å². The molecule has 1 aromatic rings. The first-order valence-electron chi connectivity index (χ1n) is 5.10. The van der Waals surface area contributed by atoms with E-state index in [1.165, 1.54) is 0 Å². The lowest BCUT2D eigenvalue weighted by Gasteiger charge is -2.14. The Morgan fingerprint density at radius 3 is 3.00 bits per heavy atom. The van der Waals surface area contributed by atoms with Crippen LogP contribution >= 0.6 is 11.6 Å². The van der Waals surface area contributed by atoms with E-state index < -0.39 is 0 Å². The van der Waals surface area contributed by atoms with Crippen LogP contribution in [0.25, 0.3) is 0 Å². The Balaban J connectivity index is 2.07. The predicted octanol–water partition coefficient (Wildman–Crippen LogP) is 2.12. The maximum atomic E-state index is 6.12. The Labute approximate surface area is 94.8 Å². The van der Waals surface area contributed by atoms with Gasteiger partial charge in [0.15, 0.2) is 0 Å². The fourth-order valence-electron chi connectivity index (χ4n) is 1.74. The summed E-state index contributed by atoms with van der Waals surface area (Å²) in [4.78, 5) is 0. The number of ether oxygens (including phenoxy) is 1. The zero-order valence-electron chi connectivity index (χ0n) is 8.72. The van der Waals surface area contributed by atoms with Crippen LogP contribution in [-0.2, 0) is 0 Å². The molecule has 1 heterocycles. The Hall–Kier alpha value is -0.930. The van der Waals surface area contributed by atoms with Crippen LogP contribution in [-0.4, -0.2) is 26.2 Å². The number of rotatable bonds is 3. The molecule has 0 radical (unpaired) electrons. The van der Waals surface area contributed by atoms with Gasteiger partial charge in [-0.05, 0) is 25.1 Å². The number of anilines is 1. The maximum Gasteiger partial charge on any atom is 0.120 e. The van der Waals surface area contributed by atoms with E-state index >= 15 is 0 Å². The van der Waals surface area contributed by atoms with Crippen molar-refractivity contribution in [2.75, 3.05) is 25.5 Å². The van der Waals surface area contributed by atoms with Gasteiger partial charge in [-0.1, -0.05) is 11.6 Å². The number of benzene rings is 1. The highest BCUT2D eigenvalue weighted by molar-refractivity contribution is 6.33. The molecule has 15 heavy (non-hydrogen) atoms. The van der Waals surface area contributed by atoms with Crippen molar-refractivity contribution in [3.63, 3.8) is 0 Å². The van der Waals surface area contributed by atoms with Crippen LogP contribution in [0.1, 0.15) is 6.42 Å². The van der Waals surface area contributed by atoms with Gasteiger partial charge in [-0.3, -0.25) is 0 Å². The second-order valence-electron chi connectivity index (χ2n) is 3.68. The maximum absolute atomic E-state index is 6.12. The van der Waals surface area contributed by atoms with Crippen LogP contribution in [0.15, 0.2) is 18.2 Å². The molecule has 2 N–H and O–H groups in total. The van der Waals surface area contributed by atoms with Gasteiger partial charge in [0, 0.05) is 18.7 Å². The Kier molecular flexibility index (Phi) is 3.34. The minimum absolute atomic E-state index is 0.482. The molecular formula is C11H15ClN2O. The van der Waals surface area contributed by atoms with E-state index in [1.807, 2.05) is 18.2 Å². The number of methoxy groups -OCH3 is 1. The van der Waals surface area contributed by atoms with E-state index in [4.69, 9.17) is 16.3 Å². The molecule has 82 valence electrons. The van der Waals surface area contributed by atoms with Gasteiger partial charge >= 0.3 is 0 Å². The van der Waals surface area contributed by atoms with Gasteiger partial charge in [-0.25, -0.2) is 0 Å². The van der Waals surface area contributed by atoms with E-state index in [-0.39, 0.29) is 0 Å². The fraction of sp³-hybridized carbons (Fsp3) is 0.455. The smallest absolute Gasteiger partial charge is 0.120 e. The summed E-state index contributed by atoms with van der Waals surface area (Å²) in [5, 5.41) is 7.42. The number of nitrogens with one attached hydrogen (secondary N) is 2. The minimum Gasteiger partial charge on any atom is -0.497 e. The highest BCUT2D eigenvalue weighted by Crippen LogP contribution is 2.27. The van der Waals surface area contributed by atoms with Crippen molar-refractivity contribution in [1.82, 2.24) is 5.32 Å². The molecule has 1 aromatic carbocycles. The first kappa shape index (κ1) is 10.6. The lowest BCUT2D eigenvalue weighted by molar-refractivity contribution is 0.415. The normalized spacial score (nSPS) is 20.3. The molecule has 0 aromatic heterocycles. The molecule has 0 spiro atoms. The molecule has 1 aliphatic rings. The van der Waals surface area contributed by atoms with E-state index in [2.05, 4.69) is 10.6 Å². The van der Waals surface area contributed by atoms with Crippen LogP contribution in [0.4, 0.5) is 5.69 Å². The third kappa shape index (κ3) is 2.55. The fourth-order valence-corrected chi connectivity index (χ4v) is 1.96. The topological polar surface area (TPSA) is 33.3 Å². The molecule has 0 amide bonds. The quantitative estimate of drug-likeness (QED) is 0.829. The van der Waals surface area contributed by atoms with E-state index in [9.17, 15) is 0 Å². The Morgan fingerprint density at radius 1 is 1.53 bits per heavy atom. The van der Waals surface area contributed by atoms with Crippen molar-refractivity contribution in [3.8, 4) is 5.75 Å². The summed E-state index contributed by atoms with van der Waals surface area (Å²) in [6.07, 6.45) is 1.14. The third-order valence-electron chi connectivity index (χ3n) is 2.60. The van der Waals surface area contributed by atoms with Gasteiger partial charge < -0.3 is 15.4 Å². The lowest BCUT2D eigenvalue weighted by Crippen LogP contribution is -2.22. The highest BCUT2D eigenvalue weighted by atomic mass is 35.5. The largest absolute Gasteiger partial charge is 0.497 e. The van der Waals surface area contributed by atoms with Crippen LogP contribution < -0.4 is 15.4 Å². The van der Waals surface area contributed by atoms with Gasteiger partial charge in [0.05, 0.1) is 17.8 Å². The molecular weight excluding hydrogens is 212 g/mol. The molecule has 1 fully saturated rings. The number of halogens is 1. The summed E-state index contributed by atoms with van der Waals surface area (Å²) >= 11 is 6.12. The molecule has 1 saturated heterocycles. The van der Waals surface area contributed by atoms with Gasteiger partial charge in [0.25, 0.3) is 0 Å². The van der Waals surface area contributed by atoms with Crippen molar-refractivity contribution in [2.24, 2.45) is 0 Å². The number of hydrogen-bond donors (Lipinski definition) is 2. The molecule has 3 nitrogen and oxygen atoms in total. The Morgan fingerprint density at radius 2 is 2.40 bits per heavy atom. The minimum atomic E-state index is 0.482. The molecule has 0 aliphatic carbocycles. The van der Waals surface area contributed by atoms with E-state index in [1.54, 1.807) is 7.11 Å². The number of hydrogen-bond acceptors (Lipinski definition) is 3. The standard InChI is InChI=1S/C11H15ClN2O/c1-15-9-2-3-11(10(12)6-9)14-8-4-5-13-7-8/h2-3,6,8,13-14H,4-5,7H2,1H3. The first-order chi connectivity index (χ1) is 7.29. The van der Waals surface area contributed by atoms with Gasteiger partial charge in [0.2, 0.25) is 0 Å². The van der Waals surface area contributed by atoms with Crippen molar-refractivity contribution < 1.29 is 4.74 Å².